The molecule has 8 heterocycles. The third kappa shape index (κ3) is 16.0. The molecule has 0 aliphatic carbocycles. The maximum atomic E-state index is 14.0. The van der Waals surface area contributed by atoms with Crippen LogP contribution in [-0.4, -0.2) is 102 Å². The average molecular weight is 1180 g/mol. The first kappa shape index (κ1) is 60.3. The summed E-state index contributed by atoms with van der Waals surface area (Å²) in [6, 6.07) is 13.7. The minimum absolute atomic E-state index is 0.00694. The van der Waals surface area contributed by atoms with Crippen molar-refractivity contribution in [3.05, 3.63) is 155 Å². The van der Waals surface area contributed by atoms with Gasteiger partial charge in [0.2, 0.25) is 11.8 Å². The van der Waals surface area contributed by atoms with E-state index >= 15 is 0 Å². The molecule has 19 nitrogen and oxygen atoms in total. The molecule has 2 aliphatic heterocycles. The lowest BCUT2D eigenvalue weighted by molar-refractivity contribution is -0.137. The molecule has 0 atom stereocenters. The van der Waals surface area contributed by atoms with E-state index in [1.807, 2.05) is 0 Å². The molecule has 0 spiro atoms. The summed E-state index contributed by atoms with van der Waals surface area (Å²) in [6.45, 7) is -0.258. The molecule has 8 N–H and O–H groups in total. The number of amides is 3. The minimum Gasteiger partial charge on any atom is -0.478 e. The second-order valence-electron chi connectivity index (χ2n) is 18.8. The van der Waals surface area contributed by atoms with E-state index in [-0.39, 0.29) is 95.3 Å². The van der Waals surface area contributed by atoms with Crippen molar-refractivity contribution in [3.8, 4) is 22.8 Å². The van der Waals surface area contributed by atoms with Gasteiger partial charge in [0.05, 0.1) is 41.9 Å². The SMILES string of the molecule is FC1(F)CCNC1.Nc1ccc(/C=C/C(=O)NCc2cc3cc(-c4ncc(C(=O)N5CCC(F)(F)CC5)cn4)cc(C(F)(F)F)c3o2)cn1.Nc1ccc(/C=C/C(=O)NCc2cc3cc(-c4ncc(C(=O)O)cn4)cc(C(F)(F)F)c3o2)cn1. The molecule has 438 valence electrons. The number of furan rings is 2. The van der Waals surface area contributed by atoms with Gasteiger partial charge in [-0.3, -0.25) is 14.4 Å². The van der Waals surface area contributed by atoms with Crippen molar-refractivity contribution in [2.45, 2.75) is 56.5 Å². The number of carboxylic acid groups (broad SMARTS) is 1. The summed E-state index contributed by atoms with van der Waals surface area (Å²) in [5.41, 5.74) is 9.21. The van der Waals surface area contributed by atoms with Crippen molar-refractivity contribution >= 4 is 69.4 Å². The van der Waals surface area contributed by atoms with Crippen molar-refractivity contribution in [3.63, 3.8) is 0 Å². The van der Waals surface area contributed by atoms with Crippen LogP contribution in [0.5, 0.6) is 0 Å². The zero-order valence-electron chi connectivity index (χ0n) is 43.4. The van der Waals surface area contributed by atoms with Crippen molar-refractivity contribution in [1.82, 2.24) is 50.8 Å². The minimum atomic E-state index is -4.78. The number of carbonyl (C=O) groups is 4. The molecule has 0 saturated carbocycles. The van der Waals surface area contributed by atoms with Gasteiger partial charge in [0.15, 0.2) is 11.6 Å². The molecule has 0 bridgehead atoms. The van der Waals surface area contributed by atoms with Gasteiger partial charge in [-0.15, -0.1) is 0 Å². The second-order valence-corrected chi connectivity index (χ2v) is 18.8. The van der Waals surface area contributed by atoms with Gasteiger partial charge in [0, 0.05) is 110 Å². The number of pyridine rings is 2. The van der Waals surface area contributed by atoms with Crippen LogP contribution in [-0.2, 0) is 35.0 Å². The highest BCUT2D eigenvalue weighted by Crippen LogP contribution is 2.41. The molecule has 2 aromatic carbocycles. The van der Waals surface area contributed by atoms with E-state index in [9.17, 15) is 63.1 Å². The van der Waals surface area contributed by atoms with Gasteiger partial charge < -0.3 is 46.3 Å². The van der Waals surface area contributed by atoms with Crippen molar-refractivity contribution in [2.24, 2.45) is 0 Å². The molecule has 2 saturated heterocycles. The van der Waals surface area contributed by atoms with Crippen molar-refractivity contribution in [1.29, 1.82) is 0 Å². The summed E-state index contributed by atoms with van der Waals surface area (Å²) in [5, 5.41) is 16.8. The number of nitrogens with two attached hydrogens (primary N) is 2. The summed E-state index contributed by atoms with van der Waals surface area (Å²) in [7, 11) is 0. The molecule has 10 rings (SSSR count). The molecule has 8 aromatic rings. The maximum absolute atomic E-state index is 14.0. The fourth-order valence-electron chi connectivity index (χ4n) is 8.13. The number of nitrogens with one attached hydrogen (secondary N) is 3. The van der Waals surface area contributed by atoms with Gasteiger partial charge in [0.25, 0.3) is 17.8 Å². The largest absolute Gasteiger partial charge is 0.478 e. The molecule has 0 unspecified atom stereocenters. The molecule has 84 heavy (non-hydrogen) atoms. The van der Waals surface area contributed by atoms with Gasteiger partial charge in [-0.25, -0.2) is 52.3 Å². The number of carbonyl (C=O) groups excluding carboxylic acids is 3. The van der Waals surface area contributed by atoms with Crippen LogP contribution in [0.1, 0.15) is 73.8 Å². The highest BCUT2D eigenvalue weighted by atomic mass is 19.4. The Bertz CT molecular complexity index is 3720. The average Bonchev–Trinajstić information content (AvgIpc) is 3.78. The third-order valence-corrected chi connectivity index (χ3v) is 12.4. The number of benzene rings is 2. The molecule has 2 fully saturated rings. The van der Waals surface area contributed by atoms with Crippen LogP contribution in [0.25, 0.3) is 56.9 Å². The number of carboxylic acids is 1. The second kappa shape index (κ2) is 25.1. The number of nitrogens with zero attached hydrogens (tertiary/aromatic N) is 7. The lowest BCUT2D eigenvalue weighted by atomic mass is 10.1. The summed E-state index contributed by atoms with van der Waals surface area (Å²) in [5.74, 6) is -7.36. The standard InChI is InChI=1S/C28H23F5N6O3.C23H16F3N5O4.C4H7F2N/c29-27(30)5-7-39(8-6-27)26(41)19-13-37-25(38-14-19)18-9-17-10-20(42-24(17)21(11-18)28(31,32)33)15-36-23(40)4-2-16-1-3-22(34)35-12-16;24-23(25,26)17-7-14(21-30-9-15(10-31-21)22(33)34)5-13-6-16(35-20(13)17)11-29-19(32)4-2-12-1-3-18(27)28-8-12;5-4(6)1-2-7-3-4/h1-4,9-14H,5-8,15H2,(H2,34,35)(H,36,40);1-10H,11H2,(H2,27,28)(H,29,32)(H,33,34);7H,1-3H2/b2*4-2+;. The van der Waals surface area contributed by atoms with Crippen molar-refractivity contribution < 1.29 is 77.0 Å². The Morgan fingerprint density at radius 1 is 0.607 bits per heavy atom. The van der Waals surface area contributed by atoms with E-state index in [1.165, 1.54) is 65.9 Å². The quantitative estimate of drug-likeness (QED) is 0.0490. The number of nitrogen functional groups attached to an aromatic ring is 2. The number of aromatic carboxylic acids is 1. The number of rotatable bonds is 12. The van der Waals surface area contributed by atoms with Crippen molar-refractivity contribution in [2.75, 3.05) is 37.6 Å². The predicted molar refractivity (Wildman–Crippen MR) is 283 cm³/mol. The van der Waals surface area contributed by atoms with Gasteiger partial charge in [-0.05, 0) is 83.9 Å². The summed E-state index contributed by atoms with van der Waals surface area (Å²) in [4.78, 5) is 72.8. The Hall–Kier alpha value is -9.80. The lowest BCUT2D eigenvalue weighted by Gasteiger charge is -2.31. The summed E-state index contributed by atoms with van der Waals surface area (Å²) in [6.07, 6.45) is 2.33. The number of alkyl halides is 10. The highest BCUT2D eigenvalue weighted by Gasteiger charge is 2.38. The number of hydrogen-bond acceptors (Lipinski definition) is 15. The number of anilines is 2. The molecule has 0 radical (unpaired) electrons. The molecule has 6 aromatic heterocycles. The van der Waals surface area contributed by atoms with Crippen LogP contribution in [0.3, 0.4) is 0 Å². The van der Waals surface area contributed by atoms with Gasteiger partial charge >= 0.3 is 18.3 Å². The number of hydrogen-bond donors (Lipinski definition) is 6. The van der Waals surface area contributed by atoms with E-state index < -0.39 is 83.0 Å². The number of likely N-dealkylation sites (tertiary alicyclic amines) is 1. The fourth-order valence-corrected chi connectivity index (χ4v) is 8.13. The summed E-state index contributed by atoms with van der Waals surface area (Å²) >= 11 is 0. The predicted octanol–water partition coefficient (Wildman–Crippen LogP) is 9.62. The smallest absolute Gasteiger partial charge is 0.420 e. The zero-order chi connectivity index (χ0) is 60.6. The normalized spacial score (nSPS) is 14.9. The zero-order valence-corrected chi connectivity index (χ0v) is 43.4. The van der Waals surface area contributed by atoms with Gasteiger partial charge in [0.1, 0.15) is 34.3 Å². The van der Waals surface area contributed by atoms with E-state index in [1.54, 1.807) is 24.3 Å². The number of fused-ring (bicyclic) bond motifs is 2. The number of halogens is 10. The Kier molecular flexibility index (Phi) is 18.0. The molecule has 3 amide bonds. The highest BCUT2D eigenvalue weighted by molar-refractivity contribution is 5.95. The third-order valence-electron chi connectivity index (χ3n) is 12.4. The van der Waals surface area contributed by atoms with Gasteiger partial charge in [-0.1, -0.05) is 0 Å². The van der Waals surface area contributed by atoms with Crippen LogP contribution in [0.4, 0.5) is 55.5 Å². The monoisotopic (exact) mass is 1180 g/mol. The number of piperidine rings is 1. The number of aromatic nitrogens is 6. The van der Waals surface area contributed by atoms with E-state index in [4.69, 9.17) is 25.4 Å². The van der Waals surface area contributed by atoms with E-state index in [0.717, 1.165) is 36.9 Å². The molecule has 2 aliphatic rings. The molecule has 29 heteroatoms. The van der Waals surface area contributed by atoms with Crippen LogP contribution in [0.15, 0.2) is 119 Å². The first-order valence-corrected chi connectivity index (χ1v) is 24.9. The Morgan fingerprint density at radius 2 is 1.05 bits per heavy atom. The topological polar surface area (TPSA) is 283 Å². The molecular weight excluding hydrogens is 1130 g/mol. The van der Waals surface area contributed by atoms with E-state index in [0.29, 0.717) is 29.3 Å². The summed E-state index contributed by atoms with van der Waals surface area (Å²) < 4.78 is 144. The lowest BCUT2D eigenvalue weighted by Crippen LogP contribution is -2.42. The van der Waals surface area contributed by atoms with Crippen LogP contribution in [0.2, 0.25) is 0 Å². The van der Waals surface area contributed by atoms with E-state index in [2.05, 4.69) is 45.9 Å². The Labute approximate surface area is 467 Å². The molecular formula is C55H46F10N12O7. The van der Waals surface area contributed by atoms with Gasteiger partial charge in [-0.2, -0.15) is 26.3 Å². The fraction of sp³-hybridized carbons (Fsp3) is 0.236. The first-order chi connectivity index (χ1) is 39.7. The maximum Gasteiger partial charge on any atom is 0.420 e. The Morgan fingerprint density at radius 3 is 1.40 bits per heavy atom. The van der Waals surface area contributed by atoms with Crippen LogP contribution in [0, 0.1) is 0 Å². The van der Waals surface area contributed by atoms with Crippen LogP contribution >= 0.6 is 0 Å². The van der Waals surface area contributed by atoms with Crippen LogP contribution < -0.4 is 27.4 Å². The first-order valence-electron chi connectivity index (χ1n) is 24.9. The Balaban J connectivity index is 0.000000198.